The van der Waals surface area contributed by atoms with Gasteiger partial charge in [-0.2, -0.15) is 0 Å². The first-order valence-electron chi connectivity index (χ1n) is 6.49. The van der Waals surface area contributed by atoms with Gasteiger partial charge in [-0.15, -0.1) is 0 Å². The van der Waals surface area contributed by atoms with Gasteiger partial charge in [0.15, 0.2) is 0 Å². The van der Waals surface area contributed by atoms with Gasteiger partial charge < -0.3 is 29.5 Å². The summed E-state index contributed by atoms with van der Waals surface area (Å²) in [5.74, 6) is 0. The molecule has 74 valence electrons. The number of hydrogen-bond donors (Lipinski definition) is 3. The fraction of sp³-hybridized carbons (Fsp3) is 1.00. The summed E-state index contributed by atoms with van der Waals surface area (Å²) in [7, 11) is 0. The molecule has 1 aliphatic carbocycles. The van der Waals surface area contributed by atoms with Crippen molar-refractivity contribution in [3.05, 3.63) is 0 Å². The summed E-state index contributed by atoms with van der Waals surface area (Å²) >= 11 is 0. The van der Waals surface area contributed by atoms with Gasteiger partial charge in [0.25, 0.3) is 6.48 Å². The number of hydrogen-bond acceptors (Lipinski definition) is 6. The first-order chi connectivity index (χ1) is 8.29. The van der Waals surface area contributed by atoms with Gasteiger partial charge in [0, 0.05) is 0 Å². The molecule has 0 amide bonds. The molecule has 3 aliphatic heterocycles. The van der Waals surface area contributed by atoms with Crippen LogP contribution < -0.4 is 0 Å². The van der Waals surface area contributed by atoms with E-state index in [-0.39, 0.29) is 0 Å². The quantitative estimate of drug-likeness (QED) is 0.398. The SMILES string of the molecule is [2H]C1(O)C2([2H])OC3OC1([2H])C([2H])(O)C([2H])(O3)C2([2H])O. The lowest BCUT2D eigenvalue weighted by Gasteiger charge is -2.55. The zero-order valence-corrected chi connectivity index (χ0v) is 6.14. The first-order valence-corrected chi connectivity index (χ1v) is 3.49. The zero-order chi connectivity index (χ0) is 14.7. The second kappa shape index (κ2) is 2.41. The van der Waals surface area contributed by atoms with Crippen LogP contribution in [0.1, 0.15) is 8.22 Å². The first kappa shape index (κ1) is 4.09. The Hall–Kier alpha value is -0.240. The molecule has 0 spiro atoms. The van der Waals surface area contributed by atoms with Crippen LogP contribution in [-0.2, 0) is 14.2 Å². The van der Waals surface area contributed by atoms with E-state index in [1.807, 2.05) is 0 Å². The van der Waals surface area contributed by atoms with Crippen LogP contribution in [0.25, 0.3) is 0 Å². The molecule has 4 fully saturated rings. The summed E-state index contributed by atoms with van der Waals surface area (Å²) in [6, 6.07) is 0. The van der Waals surface area contributed by atoms with Crippen LogP contribution in [0.4, 0.5) is 0 Å². The summed E-state index contributed by atoms with van der Waals surface area (Å²) in [6.45, 7) is -1.94. The molecule has 0 aromatic carbocycles. The molecule has 3 heterocycles. The molecular formula is C7H10O6. The van der Waals surface area contributed by atoms with E-state index < -0.39 is 43.0 Å². The van der Waals surface area contributed by atoms with Gasteiger partial charge >= 0.3 is 0 Å². The molecule has 0 radical (unpaired) electrons. The Kier molecular flexibility index (Phi) is 0.760. The Labute approximate surface area is 82.1 Å². The van der Waals surface area contributed by atoms with Gasteiger partial charge in [-0.3, -0.25) is 0 Å². The van der Waals surface area contributed by atoms with Gasteiger partial charge in [-0.1, -0.05) is 0 Å². The minimum Gasteiger partial charge on any atom is -0.387 e. The van der Waals surface area contributed by atoms with Crippen molar-refractivity contribution >= 4 is 0 Å². The topological polar surface area (TPSA) is 88.4 Å². The summed E-state index contributed by atoms with van der Waals surface area (Å²) in [5.41, 5.74) is 0. The smallest absolute Gasteiger partial charge is 0.272 e. The monoisotopic (exact) mass is 196 g/mol. The normalized spacial score (nSPS) is 105. The average molecular weight is 196 g/mol. The Balaban J connectivity index is 2.36. The molecule has 6 heteroatoms. The third kappa shape index (κ3) is 0.876. The molecule has 0 atom stereocenters. The molecule has 4 bridgehead atoms. The van der Waals surface area contributed by atoms with Gasteiger partial charge in [-0.05, 0) is 0 Å². The van der Waals surface area contributed by atoms with Gasteiger partial charge in [0.05, 0.1) is 8.22 Å². The van der Waals surface area contributed by atoms with Crippen LogP contribution in [0.2, 0.25) is 0 Å². The van der Waals surface area contributed by atoms with Crippen molar-refractivity contribution < 1.29 is 37.8 Å². The van der Waals surface area contributed by atoms with Crippen molar-refractivity contribution in [2.45, 2.75) is 43.0 Å². The summed E-state index contributed by atoms with van der Waals surface area (Å²) in [6.07, 6.45) is -20.3. The van der Waals surface area contributed by atoms with Crippen LogP contribution in [0.5, 0.6) is 0 Å². The highest BCUT2D eigenvalue weighted by Crippen LogP contribution is 2.39. The van der Waals surface area contributed by atoms with Crippen molar-refractivity contribution in [2.24, 2.45) is 0 Å². The van der Waals surface area contributed by atoms with Gasteiger partial charge in [-0.25, -0.2) is 0 Å². The van der Waals surface area contributed by atoms with E-state index in [4.69, 9.17) is 8.22 Å². The molecule has 6 nitrogen and oxygen atoms in total. The minimum absolute atomic E-state index is 1.94. The molecule has 3 N–H and O–H groups in total. The van der Waals surface area contributed by atoms with Crippen molar-refractivity contribution in [2.75, 3.05) is 0 Å². The van der Waals surface area contributed by atoms with E-state index in [1.54, 1.807) is 0 Å². The molecule has 3 saturated heterocycles. The zero-order valence-electron chi connectivity index (χ0n) is 12.1. The van der Waals surface area contributed by atoms with Crippen molar-refractivity contribution in [3.63, 3.8) is 0 Å². The predicted octanol–water partition coefficient (Wildman–Crippen LogP) is -2.45. The summed E-state index contributed by atoms with van der Waals surface area (Å²) in [5, 5.41) is 29.8. The van der Waals surface area contributed by atoms with Crippen LogP contribution in [0.3, 0.4) is 0 Å². The molecule has 13 heavy (non-hydrogen) atoms. The minimum atomic E-state index is -3.52. The van der Waals surface area contributed by atoms with Crippen LogP contribution in [-0.4, -0.2) is 58.3 Å². The molecule has 1 saturated carbocycles. The van der Waals surface area contributed by atoms with E-state index >= 15 is 0 Å². The summed E-state index contributed by atoms with van der Waals surface area (Å²) < 4.78 is 59.7. The number of ether oxygens (including phenoxy) is 3. The largest absolute Gasteiger partial charge is 0.387 e. The summed E-state index contributed by atoms with van der Waals surface area (Å²) in [4.78, 5) is 0. The Morgan fingerprint density at radius 2 is 1.08 bits per heavy atom. The molecule has 0 unspecified atom stereocenters. The second-order valence-electron chi connectivity index (χ2n) is 2.68. The Morgan fingerprint density at radius 1 is 0.769 bits per heavy atom. The molecule has 0 aromatic rings. The van der Waals surface area contributed by atoms with E-state index in [0.29, 0.717) is 0 Å². The molecule has 4 rings (SSSR count). The van der Waals surface area contributed by atoms with Gasteiger partial charge in [0.1, 0.15) is 36.5 Å². The Morgan fingerprint density at radius 3 is 1.38 bits per heavy atom. The lowest BCUT2D eigenvalue weighted by molar-refractivity contribution is -0.481. The fourth-order valence-electron chi connectivity index (χ4n) is 1.34. The Bertz CT molecular complexity index is 380. The lowest BCUT2D eigenvalue weighted by atomic mass is 9.83. The standard InChI is InChI=1S/C7H10O6/c8-1-4-2(9)6-3(10)5(1)12-7(11-4)13-6/h1-10H/i1D,2D,3D,4D,5D,6D. The highest BCUT2D eigenvalue weighted by Gasteiger charge is 2.60. The van der Waals surface area contributed by atoms with Crippen molar-refractivity contribution in [1.29, 1.82) is 0 Å². The van der Waals surface area contributed by atoms with E-state index in [0.717, 1.165) is 0 Å². The highest BCUT2D eigenvalue weighted by atomic mass is 16.9. The van der Waals surface area contributed by atoms with Crippen molar-refractivity contribution in [3.8, 4) is 0 Å². The van der Waals surface area contributed by atoms with Crippen LogP contribution in [0, 0.1) is 0 Å². The molecule has 0 aromatic heterocycles. The van der Waals surface area contributed by atoms with E-state index in [2.05, 4.69) is 14.2 Å². The van der Waals surface area contributed by atoms with Crippen LogP contribution >= 0.6 is 0 Å². The third-order valence-electron chi connectivity index (χ3n) is 1.93. The highest BCUT2D eigenvalue weighted by molar-refractivity contribution is 5.05. The maximum atomic E-state index is 9.94. The second-order valence-corrected chi connectivity index (χ2v) is 2.68. The predicted molar refractivity (Wildman–Crippen MR) is 36.4 cm³/mol. The van der Waals surface area contributed by atoms with Crippen LogP contribution in [0.15, 0.2) is 0 Å². The van der Waals surface area contributed by atoms with E-state index in [9.17, 15) is 15.3 Å². The van der Waals surface area contributed by atoms with Gasteiger partial charge in [0.2, 0.25) is 0 Å². The lowest BCUT2D eigenvalue weighted by Crippen LogP contribution is -2.75. The van der Waals surface area contributed by atoms with E-state index in [1.165, 1.54) is 0 Å². The molecule has 4 aliphatic rings. The maximum absolute atomic E-state index is 9.94. The maximum Gasteiger partial charge on any atom is 0.272 e. The fourth-order valence-corrected chi connectivity index (χ4v) is 1.34. The number of rotatable bonds is 0. The molecular weight excluding hydrogens is 180 g/mol. The average Bonchev–Trinajstić information content (AvgIpc) is 2.22. The number of aliphatic hydroxyl groups is 3. The van der Waals surface area contributed by atoms with Crippen molar-refractivity contribution in [1.82, 2.24) is 0 Å². The third-order valence-corrected chi connectivity index (χ3v) is 1.93.